The molecular weight excluding hydrogens is 380 g/mol. The van der Waals surface area contributed by atoms with Crippen molar-refractivity contribution in [3.05, 3.63) is 27.1 Å². The Kier molecular flexibility index (Phi) is 6.12. The fraction of sp³-hybridized carbons (Fsp3) is 0.375. The van der Waals surface area contributed by atoms with Crippen LogP contribution in [0.3, 0.4) is 0 Å². The maximum atomic E-state index is 12.2. The number of amides is 1. The smallest absolute Gasteiger partial charge is 0.266 e. The van der Waals surface area contributed by atoms with Crippen molar-refractivity contribution in [1.29, 1.82) is 0 Å². The van der Waals surface area contributed by atoms with Gasteiger partial charge in [0.05, 0.1) is 22.6 Å². The summed E-state index contributed by atoms with van der Waals surface area (Å²) in [5.41, 5.74) is 0.866. The van der Waals surface area contributed by atoms with Crippen molar-refractivity contribution < 1.29 is 14.3 Å². The Morgan fingerprint density at radius 3 is 2.57 bits per heavy atom. The predicted octanol–water partition coefficient (Wildman–Crippen LogP) is 3.78. The minimum Gasteiger partial charge on any atom is -0.490 e. The SMILES string of the molecule is CCOc1cc(/C=C2\SC(=NC)N(C)C2=O)cc(Br)c1OCC. The van der Waals surface area contributed by atoms with Crippen LogP contribution in [-0.4, -0.2) is 43.3 Å². The summed E-state index contributed by atoms with van der Waals surface area (Å²) in [6.07, 6.45) is 1.84. The molecule has 0 bridgehead atoms. The molecule has 124 valence electrons. The number of halogens is 1. The molecule has 0 unspecified atom stereocenters. The van der Waals surface area contributed by atoms with Gasteiger partial charge in [0.15, 0.2) is 16.7 Å². The van der Waals surface area contributed by atoms with E-state index in [1.807, 2.05) is 32.1 Å². The summed E-state index contributed by atoms with van der Waals surface area (Å²) < 4.78 is 12.1. The van der Waals surface area contributed by atoms with Gasteiger partial charge in [0, 0.05) is 14.1 Å². The van der Waals surface area contributed by atoms with Crippen molar-refractivity contribution in [3.63, 3.8) is 0 Å². The summed E-state index contributed by atoms with van der Waals surface area (Å²) >= 11 is 4.87. The topological polar surface area (TPSA) is 51.1 Å². The number of carbonyl (C=O) groups excluding carboxylic acids is 1. The highest BCUT2D eigenvalue weighted by molar-refractivity contribution is 9.10. The molecule has 0 spiro atoms. The Morgan fingerprint density at radius 1 is 1.30 bits per heavy atom. The number of benzene rings is 1. The number of thioether (sulfide) groups is 1. The van der Waals surface area contributed by atoms with Crippen molar-refractivity contribution in [2.75, 3.05) is 27.3 Å². The van der Waals surface area contributed by atoms with Gasteiger partial charge in [-0.1, -0.05) is 0 Å². The summed E-state index contributed by atoms with van der Waals surface area (Å²) in [6.45, 7) is 4.93. The number of nitrogens with zero attached hydrogens (tertiary/aromatic N) is 2. The van der Waals surface area contributed by atoms with Crippen LogP contribution in [0.2, 0.25) is 0 Å². The van der Waals surface area contributed by atoms with Gasteiger partial charge in [-0.05, 0) is 65.3 Å². The first-order chi connectivity index (χ1) is 11.0. The zero-order valence-electron chi connectivity index (χ0n) is 13.6. The minimum absolute atomic E-state index is 0.0569. The lowest BCUT2D eigenvalue weighted by molar-refractivity contribution is -0.121. The van der Waals surface area contributed by atoms with E-state index < -0.39 is 0 Å². The molecule has 7 heteroatoms. The van der Waals surface area contributed by atoms with Crippen LogP contribution in [-0.2, 0) is 4.79 Å². The maximum Gasteiger partial charge on any atom is 0.266 e. The predicted molar refractivity (Wildman–Crippen MR) is 98.2 cm³/mol. The summed E-state index contributed by atoms with van der Waals surface area (Å²) in [5.74, 6) is 1.28. The van der Waals surface area contributed by atoms with Crippen LogP contribution in [0.15, 0.2) is 26.5 Å². The van der Waals surface area contributed by atoms with Crippen molar-refractivity contribution in [2.45, 2.75) is 13.8 Å². The quantitative estimate of drug-likeness (QED) is 0.708. The third-order valence-corrected chi connectivity index (χ3v) is 4.85. The average Bonchev–Trinajstić information content (AvgIpc) is 2.79. The number of amidine groups is 1. The summed E-state index contributed by atoms with van der Waals surface area (Å²) in [5, 5.41) is 0.691. The molecule has 0 N–H and O–H groups in total. The molecule has 0 aliphatic carbocycles. The molecule has 1 aliphatic heterocycles. The van der Waals surface area contributed by atoms with Gasteiger partial charge in [0.1, 0.15) is 0 Å². The van der Waals surface area contributed by atoms with Gasteiger partial charge in [-0.15, -0.1) is 0 Å². The first kappa shape index (κ1) is 17.9. The molecule has 5 nitrogen and oxygen atoms in total. The second kappa shape index (κ2) is 7.88. The molecule has 1 saturated heterocycles. The summed E-state index contributed by atoms with van der Waals surface area (Å²) in [7, 11) is 3.40. The Bertz CT molecular complexity index is 674. The second-order valence-corrected chi connectivity index (χ2v) is 6.54. The Hall–Kier alpha value is -1.47. The highest BCUT2D eigenvalue weighted by atomic mass is 79.9. The van der Waals surface area contributed by atoms with E-state index in [1.54, 1.807) is 19.0 Å². The third-order valence-electron chi connectivity index (χ3n) is 3.11. The number of likely N-dealkylation sites (N-methyl/N-ethyl adjacent to an activating group) is 1. The van der Waals surface area contributed by atoms with Crippen LogP contribution in [0.25, 0.3) is 6.08 Å². The molecule has 2 rings (SSSR count). The minimum atomic E-state index is -0.0569. The van der Waals surface area contributed by atoms with Crippen LogP contribution in [0.5, 0.6) is 11.5 Å². The fourth-order valence-corrected chi connectivity index (χ4v) is 3.62. The molecule has 1 amide bonds. The zero-order valence-corrected chi connectivity index (χ0v) is 16.0. The molecule has 0 aromatic heterocycles. The van der Waals surface area contributed by atoms with E-state index in [0.29, 0.717) is 34.8 Å². The number of hydrogen-bond acceptors (Lipinski definition) is 5. The average molecular weight is 399 g/mol. The molecule has 0 saturated carbocycles. The molecule has 1 aliphatic rings. The van der Waals surface area contributed by atoms with Crippen LogP contribution in [0.4, 0.5) is 0 Å². The van der Waals surface area contributed by atoms with Gasteiger partial charge >= 0.3 is 0 Å². The zero-order chi connectivity index (χ0) is 17.0. The molecule has 1 aromatic carbocycles. The molecule has 23 heavy (non-hydrogen) atoms. The highest BCUT2D eigenvalue weighted by Crippen LogP contribution is 2.39. The van der Waals surface area contributed by atoms with Gasteiger partial charge in [0.2, 0.25) is 0 Å². The van der Waals surface area contributed by atoms with E-state index in [9.17, 15) is 4.79 Å². The highest BCUT2D eigenvalue weighted by Gasteiger charge is 2.29. The van der Waals surface area contributed by atoms with Crippen molar-refractivity contribution in [1.82, 2.24) is 4.90 Å². The number of ether oxygens (including phenoxy) is 2. The largest absolute Gasteiger partial charge is 0.490 e. The van der Waals surface area contributed by atoms with Gasteiger partial charge in [0.25, 0.3) is 5.91 Å². The van der Waals surface area contributed by atoms with Crippen molar-refractivity contribution >= 4 is 44.8 Å². The van der Waals surface area contributed by atoms with Gasteiger partial charge in [-0.3, -0.25) is 14.7 Å². The fourth-order valence-electron chi connectivity index (χ4n) is 2.12. The lowest BCUT2D eigenvalue weighted by Gasteiger charge is -2.13. The van der Waals surface area contributed by atoms with E-state index in [4.69, 9.17) is 9.47 Å². The standard InChI is InChI=1S/C16H19BrN2O3S/c1-5-21-12-8-10(7-11(17)14(12)22-6-2)9-13-15(20)19(4)16(18-3)23-13/h7-9H,5-6H2,1-4H3/b13-9-,18-16?. The van der Waals surface area contributed by atoms with Gasteiger partial charge < -0.3 is 9.47 Å². The van der Waals surface area contributed by atoms with Crippen LogP contribution in [0.1, 0.15) is 19.4 Å². The summed E-state index contributed by atoms with van der Waals surface area (Å²) in [6, 6.07) is 3.79. The Morgan fingerprint density at radius 2 is 2.00 bits per heavy atom. The molecule has 0 radical (unpaired) electrons. The number of aliphatic imine (C=N–C) groups is 1. The maximum absolute atomic E-state index is 12.2. The van der Waals surface area contributed by atoms with Gasteiger partial charge in [-0.2, -0.15) is 0 Å². The first-order valence-electron chi connectivity index (χ1n) is 7.25. The van der Waals surface area contributed by atoms with Crippen LogP contribution >= 0.6 is 27.7 Å². The monoisotopic (exact) mass is 398 g/mol. The lowest BCUT2D eigenvalue weighted by atomic mass is 10.2. The molecule has 1 aromatic rings. The van der Waals surface area contributed by atoms with E-state index >= 15 is 0 Å². The molecule has 0 atom stereocenters. The van der Waals surface area contributed by atoms with Gasteiger partial charge in [-0.25, -0.2) is 0 Å². The number of hydrogen-bond donors (Lipinski definition) is 0. The number of carbonyl (C=O) groups is 1. The first-order valence-corrected chi connectivity index (χ1v) is 8.86. The van der Waals surface area contributed by atoms with Crippen LogP contribution in [0, 0.1) is 0 Å². The van der Waals surface area contributed by atoms with Crippen molar-refractivity contribution in [2.24, 2.45) is 4.99 Å². The van der Waals surface area contributed by atoms with E-state index in [2.05, 4.69) is 20.9 Å². The lowest BCUT2D eigenvalue weighted by Crippen LogP contribution is -2.23. The second-order valence-electron chi connectivity index (χ2n) is 4.68. The normalized spacial score (nSPS) is 18.1. The molecule has 1 heterocycles. The molecule has 1 fully saturated rings. The summed E-state index contributed by atoms with van der Waals surface area (Å²) in [4.78, 5) is 18.5. The molecular formula is C16H19BrN2O3S. The van der Waals surface area contributed by atoms with E-state index in [1.165, 1.54) is 11.8 Å². The van der Waals surface area contributed by atoms with Crippen LogP contribution < -0.4 is 9.47 Å². The van der Waals surface area contributed by atoms with E-state index in [-0.39, 0.29) is 5.91 Å². The Labute approximate surface area is 148 Å². The third kappa shape index (κ3) is 3.90. The Balaban J connectivity index is 2.41. The van der Waals surface area contributed by atoms with E-state index in [0.717, 1.165) is 10.0 Å². The van der Waals surface area contributed by atoms with Crippen molar-refractivity contribution in [3.8, 4) is 11.5 Å². The number of rotatable bonds is 5.